The predicted octanol–water partition coefficient (Wildman–Crippen LogP) is 3.85. The molecule has 0 spiro atoms. The number of hydrogen-bond donors (Lipinski definition) is 1. The van der Waals surface area contributed by atoms with Crippen LogP contribution in [0.4, 0.5) is 16.1 Å². The second kappa shape index (κ2) is 6.49. The van der Waals surface area contributed by atoms with Gasteiger partial charge in [0.25, 0.3) is 6.01 Å². The number of H-pyrrole nitrogens is 1. The Bertz CT molecular complexity index is 1210. The lowest BCUT2D eigenvalue weighted by Gasteiger charge is -2.28. The van der Waals surface area contributed by atoms with E-state index < -0.39 is 0 Å². The smallest absolute Gasteiger partial charge is 0.298 e. The van der Waals surface area contributed by atoms with E-state index >= 15 is 0 Å². The molecule has 4 heterocycles. The van der Waals surface area contributed by atoms with Crippen LogP contribution in [-0.4, -0.2) is 42.8 Å². The number of ether oxygens (including phenoxy) is 1. The molecule has 7 heteroatoms. The Morgan fingerprint density at radius 1 is 1.00 bits per heavy atom. The Morgan fingerprint density at radius 3 is 2.79 bits per heavy atom. The van der Waals surface area contributed by atoms with Gasteiger partial charge in [-0.05, 0) is 36.4 Å². The second-order valence-corrected chi connectivity index (χ2v) is 7.69. The number of oxazole rings is 1. The van der Waals surface area contributed by atoms with Gasteiger partial charge in [-0.1, -0.05) is 0 Å². The number of aromatic nitrogens is 2. The number of halogens is 1. The molecule has 0 radical (unpaired) electrons. The fraction of sp³-hybridized carbons (Fsp3) is 0.318. The fourth-order valence-electron chi connectivity index (χ4n) is 4.41. The molecule has 0 amide bonds. The number of aromatic amines is 1. The van der Waals surface area contributed by atoms with Gasteiger partial charge in [-0.15, -0.1) is 0 Å². The van der Waals surface area contributed by atoms with Gasteiger partial charge in [-0.3, -0.25) is 0 Å². The number of hydrogen-bond acceptors (Lipinski definition) is 5. The molecule has 0 aliphatic carbocycles. The maximum absolute atomic E-state index is 13.6. The molecule has 6 rings (SSSR count). The van der Waals surface area contributed by atoms with Gasteiger partial charge in [-0.25, -0.2) is 4.39 Å². The molecule has 1 saturated heterocycles. The van der Waals surface area contributed by atoms with E-state index in [0.29, 0.717) is 12.6 Å². The van der Waals surface area contributed by atoms with Gasteiger partial charge in [-0.2, -0.15) is 4.98 Å². The van der Waals surface area contributed by atoms with E-state index in [4.69, 9.17) is 14.1 Å². The van der Waals surface area contributed by atoms with E-state index in [0.717, 1.165) is 67.0 Å². The summed E-state index contributed by atoms with van der Waals surface area (Å²) in [6, 6.07) is 11.8. The quantitative estimate of drug-likeness (QED) is 0.562. The van der Waals surface area contributed by atoms with Crippen LogP contribution in [0.3, 0.4) is 0 Å². The van der Waals surface area contributed by atoms with Crippen molar-refractivity contribution in [3.63, 3.8) is 0 Å². The van der Waals surface area contributed by atoms with Crippen molar-refractivity contribution in [1.82, 2.24) is 9.97 Å². The van der Waals surface area contributed by atoms with Crippen molar-refractivity contribution >= 4 is 33.7 Å². The van der Waals surface area contributed by atoms with Crippen molar-refractivity contribution in [2.45, 2.75) is 13.0 Å². The number of fused-ring (bicyclic) bond motifs is 4. The molecule has 0 bridgehead atoms. The number of nitrogens with zero attached hydrogens (tertiary/aromatic N) is 3. The average molecular weight is 392 g/mol. The highest BCUT2D eigenvalue weighted by Gasteiger charge is 2.24. The topological polar surface area (TPSA) is 57.5 Å². The summed E-state index contributed by atoms with van der Waals surface area (Å²) in [4.78, 5) is 12.6. The van der Waals surface area contributed by atoms with E-state index in [-0.39, 0.29) is 5.82 Å². The molecule has 29 heavy (non-hydrogen) atoms. The largest absolute Gasteiger partial charge is 0.423 e. The van der Waals surface area contributed by atoms with Crippen molar-refractivity contribution in [2.75, 3.05) is 42.6 Å². The first-order chi connectivity index (χ1) is 14.2. The average Bonchev–Trinajstić information content (AvgIpc) is 3.34. The summed E-state index contributed by atoms with van der Waals surface area (Å²) in [7, 11) is 0. The molecule has 4 aromatic rings. The first-order valence-electron chi connectivity index (χ1n) is 10.0. The molecule has 2 aromatic carbocycles. The first kappa shape index (κ1) is 16.9. The van der Waals surface area contributed by atoms with Gasteiger partial charge in [0.15, 0.2) is 5.58 Å². The Hall–Kier alpha value is -3.06. The maximum atomic E-state index is 13.6. The normalized spacial score (nSPS) is 17.3. The van der Waals surface area contributed by atoms with E-state index in [1.165, 1.54) is 17.3 Å². The lowest BCUT2D eigenvalue weighted by Crippen LogP contribution is -2.36. The molecule has 0 atom stereocenters. The summed E-state index contributed by atoms with van der Waals surface area (Å²) < 4.78 is 25.1. The van der Waals surface area contributed by atoms with Gasteiger partial charge in [0.1, 0.15) is 11.3 Å². The number of benzene rings is 2. The van der Waals surface area contributed by atoms with Gasteiger partial charge in [0, 0.05) is 60.4 Å². The molecule has 148 valence electrons. The van der Waals surface area contributed by atoms with Crippen molar-refractivity contribution in [1.29, 1.82) is 0 Å². The van der Waals surface area contributed by atoms with Crippen LogP contribution in [0.25, 0.3) is 22.0 Å². The minimum atomic E-state index is -0.219. The third-order valence-electron chi connectivity index (χ3n) is 5.94. The maximum Gasteiger partial charge on any atom is 0.298 e. The minimum Gasteiger partial charge on any atom is -0.423 e. The van der Waals surface area contributed by atoms with Crippen LogP contribution in [0.2, 0.25) is 0 Å². The van der Waals surface area contributed by atoms with Gasteiger partial charge in [0.05, 0.1) is 13.2 Å². The molecule has 0 unspecified atom stereocenters. The Morgan fingerprint density at radius 2 is 1.90 bits per heavy atom. The lowest BCUT2D eigenvalue weighted by molar-refractivity contribution is 0.122. The van der Waals surface area contributed by atoms with Crippen LogP contribution in [0.5, 0.6) is 0 Å². The molecule has 2 aliphatic rings. The highest BCUT2D eigenvalue weighted by Crippen LogP contribution is 2.32. The molecule has 2 aromatic heterocycles. The summed E-state index contributed by atoms with van der Waals surface area (Å²) in [5.74, 6) is -0.219. The van der Waals surface area contributed by atoms with E-state index in [1.807, 2.05) is 12.1 Å². The monoisotopic (exact) mass is 392 g/mol. The van der Waals surface area contributed by atoms with Gasteiger partial charge < -0.3 is 23.9 Å². The Labute approximate surface area is 166 Å². The number of nitrogens with one attached hydrogen (secondary N) is 1. The molecular formula is C22H21FN4O2. The van der Waals surface area contributed by atoms with E-state index in [9.17, 15) is 4.39 Å². The number of morpholine rings is 1. The summed E-state index contributed by atoms with van der Waals surface area (Å²) >= 11 is 0. The molecule has 0 saturated carbocycles. The number of rotatable bonds is 2. The highest BCUT2D eigenvalue weighted by molar-refractivity contribution is 5.85. The van der Waals surface area contributed by atoms with Crippen LogP contribution in [-0.2, 0) is 17.7 Å². The number of anilines is 2. The van der Waals surface area contributed by atoms with Crippen molar-refractivity contribution in [3.8, 4) is 0 Å². The fourth-order valence-corrected chi connectivity index (χ4v) is 4.41. The van der Waals surface area contributed by atoms with Crippen LogP contribution < -0.4 is 9.80 Å². The zero-order valence-corrected chi connectivity index (χ0v) is 15.9. The predicted molar refractivity (Wildman–Crippen MR) is 110 cm³/mol. The van der Waals surface area contributed by atoms with Gasteiger partial charge in [0.2, 0.25) is 0 Å². The molecule has 6 nitrogen and oxygen atoms in total. The van der Waals surface area contributed by atoms with Crippen LogP contribution in [0.15, 0.2) is 40.8 Å². The van der Waals surface area contributed by atoms with Crippen LogP contribution in [0.1, 0.15) is 11.3 Å². The van der Waals surface area contributed by atoms with Gasteiger partial charge >= 0.3 is 0 Å². The highest BCUT2D eigenvalue weighted by atomic mass is 19.1. The Kier molecular flexibility index (Phi) is 3.77. The molecule has 1 N–H and O–H groups in total. The Balaban J connectivity index is 1.32. The van der Waals surface area contributed by atoms with Crippen molar-refractivity contribution in [2.24, 2.45) is 0 Å². The SMILES string of the molecule is Fc1ccc2c3c([nH]c2c1)CCN(c1nc2cc(N4CCOCC4)ccc2o1)C3. The van der Waals surface area contributed by atoms with Crippen molar-refractivity contribution < 1.29 is 13.5 Å². The zero-order valence-electron chi connectivity index (χ0n) is 15.9. The molecule has 1 fully saturated rings. The zero-order chi connectivity index (χ0) is 19.4. The van der Waals surface area contributed by atoms with Crippen LogP contribution in [0, 0.1) is 5.82 Å². The second-order valence-electron chi connectivity index (χ2n) is 7.69. The van der Waals surface area contributed by atoms with Crippen LogP contribution >= 0.6 is 0 Å². The van der Waals surface area contributed by atoms with Crippen molar-refractivity contribution in [3.05, 3.63) is 53.5 Å². The third-order valence-corrected chi connectivity index (χ3v) is 5.94. The third kappa shape index (κ3) is 2.84. The molecular weight excluding hydrogens is 371 g/mol. The first-order valence-corrected chi connectivity index (χ1v) is 10.0. The molecule has 2 aliphatic heterocycles. The minimum absolute atomic E-state index is 0.219. The summed E-state index contributed by atoms with van der Waals surface area (Å²) in [6.07, 6.45) is 0.851. The lowest BCUT2D eigenvalue weighted by atomic mass is 10.0. The summed E-state index contributed by atoms with van der Waals surface area (Å²) in [5, 5.41) is 1.07. The van der Waals surface area contributed by atoms with E-state index in [1.54, 1.807) is 6.07 Å². The van der Waals surface area contributed by atoms with E-state index in [2.05, 4.69) is 26.9 Å². The standard InChI is InChI=1S/C22H21FN4O2/c23-14-1-3-16-17-13-27(6-5-18(17)24-19(16)11-14)22-25-20-12-15(2-4-21(20)29-22)26-7-9-28-10-8-26/h1-4,11-12,24H,5-10,13H2. The summed E-state index contributed by atoms with van der Waals surface area (Å²) in [6.45, 7) is 4.81. The summed E-state index contributed by atoms with van der Waals surface area (Å²) in [5.41, 5.74) is 6.04.